The van der Waals surface area contributed by atoms with Gasteiger partial charge in [-0.05, 0) is 54.7 Å². The molecule has 4 nitrogen and oxygen atoms in total. The van der Waals surface area contributed by atoms with Gasteiger partial charge in [-0.3, -0.25) is 4.79 Å². The number of hydrogen-bond acceptors (Lipinski definition) is 3. The highest BCUT2D eigenvalue weighted by Crippen LogP contribution is 2.50. The highest BCUT2D eigenvalue weighted by Gasteiger charge is 2.39. The maximum Gasteiger partial charge on any atom is 0.336 e. The summed E-state index contributed by atoms with van der Waals surface area (Å²) in [5, 5.41) is 13.1. The minimum absolute atomic E-state index is 0.0553. The molecule has 0 aromatic heterocycles. The van der Waals surface area contributed by atoms with Crippen LogP contribution in [0.25, 0.3) is 0 Å². The molecule has 0 saturated carbocycles. The third-order valence-corrected chi connectivity index (χ3v) is 5.30. The van der Waals surface area contributed by atoms with Crippen LogP contribution in [0, 0.1) is 5.92 Å². The lowest BCUT2D eigenvalue weighted by atomic mass is 9.75. The molecule has 3 atom stereocenters. The van der Waals surface area contributed by atoms with Gasteiger partial charge in [0.15, 0.2) is 5.78 Å². The second-order valence-corrected chi connectivity index (χ2v) is 6.73. The van der Waals surface area contributed by atoms with Gasteiger partial charge in [-0.2, -0.15) is 0 Å². The highest BCUT2D eigenvalue weighted by atomic mass is 16.4. The Kier molecular flexibility index (Phi) is 3.68. The predicted octanol–water partition coefficient (Wildman–Crippen LogP) is 4.41. The Hall–Kier alpha value is -2.88. The van der Waals surface area contributed by atoms with E-state index in [1.807, 2.05) is 30.3 Å². The number of nitrogens with one attached hydrogen (secondary N) is 1. The molecule has 0 amide bonds. The van der Waals surface area contributed by atoms with Crippen LogP contribution in [0.3, 0.4) is 0 Å². The molecule has 0 fully saturated rings. The first-order valence-electron chi connectivity index (χ1n) is 8.46. The summed E-state index contributed by atoms with van der Waals surface area (Å²) in [5.74, 6) is -0.407. The van der Waals surface area contributed by atoms with Crippen molar-refractivity contribution < 1.29 is 14.7 Å². The van der Waals surface area contributed by atoms with Crippen molar-refractivity contribution in [2.45, 2.75) is 25.3 Å². The monoisotopic (exact) mass is 333 g/mol. The van der Waals surface area contributed by atoms with Crippen molar-refractivity contribution in [1.82, 2.24) is 0 Å². The van der Waals surface area contributed by atoms with Crippen molar-refractivity contribution in [2.24, 2.45) is 5.92 Å². The van der Waals surface area contributed by atoms with E-state index in [4.69, 9.17) is 0 Å². The van der Waals surface area contributed by atoms with Crippen LogP contribution in [-0.4, -0.2) is 16.9 Å². The minimum Gasteiger partial charge on any atom is -0.478 e. The van der Waals surface area contributed by atoms with E-state index in [1.54, 1.807) is 19.1 Å². The molecule has 1 aliphatic carbocycles. The number of carboxylic acids is 1. The number of aromatic carboxylic acids is 1. The van der Waals surface area contributed by atoms with E-state index in [-0.39, 0.29) is 23.7 Å². The minimum atomic E-state index is -0.905. The van der Waals surface area contributed by atoms with Gasteiger partial charge >= 0.3 is 5.97 Å². The fourth-order valence-electron chi connectivity index (χ4n) is 4.08. The van der Waals surface area contributed by atoms with Gasteiger partial charge in [-0.25, -0.2) is 4.79 Å². The normalized spacial score (nSPS) is 23.5. The molecule has 0 spiro atoms. The molecule has 4 rings (SSSR count). The molecule has 0 bridgehead atoms. The highest BCUT2D eigenvalue weighted by molar-refractivity contribution is 5.95. The second kappa shape index (κ2) is 5.88. The van der Waals surface area contributed by atoms with Crippen molar-refractivity contribution >= 4 is 17.4 Å². The first-order chi connectivity index (χ1) is 12.1. The lowest BCUT2D eigenvalue weighted by Gasteiger charge is -2.38. The summed E-state index contributed by atoms with van der Waals surface area (Å²) in [5.41, 5.74) is 3.96. The fourth-order valence-corrected chi connectivity index (χ4v) is 4.08. The molecule has 1 heterocycles. The molecule has 2 aromatic carbocycles. The van der Waals surface area contributed by atoms with Crippen molar-refractivity contribution in [1.29, 1.82) is 0 Å². The number of ketones is 1. The summed E-state index contributed by atoms with van der Waals surface area (Å²) in [6.45, 7) is 1.58. The zero-order chi connectivity index (χ0) is 17.6. The van der Waals surface area contributed by atoms with Crippen LogP contribution >= 0.6 is 0 Å². The fraction of sp³-hybridized carbons (Fsp3) is 0.238. The van der Waals surface area contributed by atoms with Crippen LogP contribution in [-0.2, 0) is 0 Å². The third-order valence-electron chi connectivity index (χ3n) is 5.30. The molecule has 25 heavy (non-hydrogen) atoms. The van der Waals surface area contributed by atoms with Crippen LogP contribution < -0.4 is 5.32 Å². The van der Waals surface area contributed by atoms with Crippen molar-refractivity contribution in [3.63, 3.8) is 0 Å². The average molecular weight is 333 g/mol. The molecule has 1 aliphatic heterocycles. The maximum absolute atomic E-state index is 11.7. The Morgan fingerprint density at radius 2 is 1.92 bits per heavy atom. The summed E-state index contributed by atoms with van der Waals surface area (Å²) in [4.78, 5) is 23.4. The van der Waals surface area contributed by atoms with Gasteiger partial charge < -0.3 is 10.4 Å². The Balaban J connectivity index is 1.81. The topological polar surface area (TPSA) is 66.4 Å². The molecule has 2 aromatic rings. The van der Waals surface area contributed by atoms with Gasteiger partial charge in [0.2, 0.25) is 0 Å². The van der Waals surface area contributed by atoms with Crippen LogP contribution in [0.4, 0.5) is 5.69 Å². The Bertz CT molecular complexity index is 900. The molecule has 0 radical (unpaired) electrons. The van der Waals surface area contributed by atoms with E-state index >= 15 is 0 Å². The van der Waals surface area contributed by atoms with Crippen LogP contribution in [0.5, 0.6) is 0 Å². The largest absolute Gasteiger partial charge is 0.478 e. The number of hydrogen-bond donors (Lipinski definition) is 2. The molecule has 0 saturated heterocycles. The first-order valence-corrected chi connectivity index (χ1v) is 8.46. The van der Waals surface area contributed by atoms with Gasteiger partial charge in [-0.1, -0.05) is 30.4 Å². The summed E-state index contributed by atoms with van der Waals surface area (Å²) in [6, 6.07) is 12.9. The van der Waals surface area contributed by atoms with Crippen LogP contribution in [0.15, 0.2) is 54.6 Å². The molecular formula is C21H19NO3. The number of rotatable bonds is 3. The smallest absolute Gasteiger partial charge is 0.336 e. The van der Waals surface area contributed by atoms with E-state index in [0.29, 0.717) is 11.1 Å². The molecular weight excluding hydrogens is 314 g/mol. The van der Waals surface area contributed by atoms with Gasteiger partial charge in [0.05, 0.1) is 11.6 Å². The standard InChI is InChI=1S/C21H19NO3/c1-12(23)13-9-10-19-18(11-13)14-7-4-8-15(14)20(22-19)16-5-2-3-6-17(16)21(24)25/h2-7,9-11,14-15,20,22H,8H2,1H3,(H,24,25)/t14-,15-,20+/m1/s1. The quantitative estimate of drug-likeness (QED) is 0.645. The Labute approximate surface area is 146 Å². The number of carbonyl (C=O) groups excluding carboxylic acids is 1. The number of Topliss-reactive ketones (excluding diaryl/α,β-unsaturated/α-hetero) is 1. The average Bonchev–Trinajstić information content (AvgIpc) is 3.10. The number of carbonyl (C=O) groups is 2. The SMILES string of the molecule is CC(=O)c1ccc2c(c1)[C@@H]1C=CC[C@H]1[C@@H](c1ccccc1C(=O)O)N2. The van der Waals surface area contributed by atoms with E-state index in [1.165, 1.54) is 0 Å². The number of carboxylic acid groups (broad SMARTS) is 1. The second-order valence-electron chi connectivity index (χ2n) is 6.73. The zero-order valence-electron chi connectivity index (χ0n) is 13.9. The zero-order valence-corrected chi connectivity index (χ0v) is 13.9. The number of benzene rings is 2. The van der Waals surface area contributed by atoms with Gasteiger partial charge in [-0.15, -0.1) is 0 Å². The molecule has 2 N–H and O–H groups in total. The summed E-state index contributed by atoms with van der Waals surface area (Å²) < 4.78 is 0. The number of anilines is 1. The molecule has 0 unspecified atom stereocenters. The first kappa shape index (κ1) is 15.6. The molecule has 2 aliphatic rings. The summed E-state index contributed by atoms with van der Waals surface area (Å²) >= 11 is 0. The molecule has 126 valence electrons. The van der Waals surface area contributed by atoms with E-state index in [9.17, 15) is 14.7 Å². The summed E-state index contributed by atoms with van der Waals surface area (Å²) in [6.07, 6.45) is 5.23. The van der Waals surface area contributed by atoms with E-state index in [2.05, 4.69) is 17.5 Å². The van der Waals surface area contributed by atoms with Crippen LogP contribution in [0.2, 0.25) is 0 Å². The van der Waals surface area contributed by atoms with Gasteiger partial charge in [0.1, 0.15) is 0 Å². The van der Waals surface area contributed by atoms with E-state index < -0.39 is 5.97 Å². The van der Waals surface area contributed by atoms with Gasteiger partial charge in [0.25, 0.3) is 0 Å². The van der Waals surface area contributed by atoms with E-state index in [0.717, 1.165) is 23.2 Å². The van der Waals surface area contributed by atoms with Gasteiger partial charge in [0, 0.05) is 17.2 Å². The Morgan fingerprint density at radius 1 is 1.12 bits per heavy atom. The van der Waals surface area contributed by atoms with Crippen molar-refractivity contribution in [3.8, 4) is 0 Å². The van der Waals surface area contributed by atoms with Crippen molar-refractivity contribution in [3.05, 3.63) is 76.9 Å². The summed E-state index contributed by atoms with van der Waals surface area (Å²) in [7, 11) is 0. The Morgan fingerprint density at radius 3 is 2.68 bits per heavy atom. The lowest BCUT2D eigenvalue weighted by molar-refractivity contribution is 0.0694. The maximum atomic E-state index is 11.7. The number of allylic oxidation sites excluding steroid dienone is 2. The molecule has 4 heteroatoms. The van der Waals surface area contributed by atoms with Crippen LogP contribution in [0.1, 0.15) is 57.1 Å². The third kappa shape index (κ3) is 2.54. The number of fused-ring (bicyclic) bond motifs is 3. The van der Waals surface area contributed by atoms with Crippen molar-refractivity contribution in [2.75, 3.05) is 5.32 Å². The predicted molar refractivity (Wildman–Crippen MR) is 96.2 cm³/mol. The lowest BCUT2D eigenvalue weighted by Crippen LogP contribution is -2.30.